The molecule has 16 heavy (non-hydrogen) atoms. The van der Waals surface area contributed by atoms with Crippen LogP contribution in [-0.4, -0.2) is 19.7 Å². The van der Waals surface area contributed by atoms with E-state index in [9.17, 15) is 4.79 Å². The first kappa shape index (κ1) is 12.5. The molecule has 0 unspecified atom stereocenters. The Morgan fingerprint density at radius 1 is 1.44 bits per heavy atom. The minimum atomic E-state index is 0.460. The smallest absolute Gasteiger partial charge is 0.234 e. The molecule has 0 aliphatic heterocycles. The summed E-state index contributed by atoms with van der Waals surface area (Å²) in [5.41, 5.74) is 2.36. The lowest BCUT2D eigenvalue weighted by Gasteiger charge is -2.11. The Balaban J connectivity index is 2.92. The highest BCUT2D eigenvalue weighted by atomic mass is 16.5. The monoisotopic (exact) mass is 219 g/mol. The molecule has 0 aliphatic rings. The average Bonchev–Trinajstić information content (AvgIpc) is 2.29. The van der Waals surface area contributed by atoms with Crippen LogP contribution in [0.3, 0.4) is 0 Å². The molecule has 3 heteroatoms. The minimum absolute atomic E-state index is 0.460. The summed E-state index contributed by atoms with van der Waals surface area (Å²) in [6.45, 7) is 4.76. The van der Waals surface area contributed by atoms with Gasteiger partial charge in [0, 0.05) is 0 Å². The molecule has 0 spiro atoms. The molecule has 0 bridgehead atoms. The van der Waals surface area contributed by atoms with Crippen LogP contribution in [0, 0.1) is 0 Å². The lowest BCUT2D eigenvalue weighted by atomic mass is 9.99. The van der Waals surface area contributed by atoms with Gasteiger partial charge in [-0.25, -0.2) is 9.79 Å². The summed E-state index contributed by atoms with van der Waals surface area (Å²) in [6, 6.07) is 6.15. The average molecular weight is 219 g/mol. The van der Waals surface area contributed by atoms with E-state index in [0.717, 1.165) is 11.3 Å². The number of hydrogen-bond acceptors (Lipinski definition) is 3. The molecule has 1 aromatic rings. The Bertz CT molecular complexity index is 393. The van der Waals surface area contributed by atoms with Crippen LogP contribution >= 0.6 is 0 Å². The molecule has 0 aromatic heterocycles. The molecule has 1 rings (SSSR count). The van der Waals surface area contributed by atoms with E-state index in [0.29, 0.717) is 18.9 Å². The van der Waals surface area contributed by atoms with E-state index in [1.54, 1.807) is 13.2 Å². The van der Waals surface area contributed by atoms with Gasteiger partial charge in [-0.2, -0.15) is 0 Å². The van der Waals surface area contributed by atoms with Gasteiger partial charge in [-0.15, -0.1) is 0 Å². The van der Waals surface area contributed by atoms with Gasteiger partial charge in [-0.3, -0.25) is 0 Å². The summed E-state index contributed by atoms with van der Waals surface area (Å²) in [5.74, 6) is 1.34. The standard InChI is InChI=1S/C13H17NO2/c1-10(2)11-4-5-13(16-3)12(8-11)6-7-14-9-15/h4-5,8,10H,6-7H2,1-3H3. The van der Waals surface area contributed by atoms with Crippen LogP contribution in [0.4, 0.5) is 0 Å². The molecule has 86 valence electrons. The van der Waals surface area contributed by atoms with Gasteiger partial charge in [0.1, 0.15) is 5.75 Å². The molecule has 1 aromatic carbocycles. The van der Waals surface area contributed by atoms with Crippen LogP contribution in [0.25, 0.3) is 0 Å². The third kappa shape index (κ3) is 3.21. The number of benzene rings is 1. The Morgan fingerprint density at radius 2 is 2.19 bits per heavy atom. The van der Waals surface area contributed by atoms with Crippen molar-refractivity contribution in [3.05, 3.63) is 29.3 Å². The van der Waals surface area contributed by atoms with Crippen molar-refractivity contribution in [1.82, 2.24) is 0 Å². The van der Waals surface area contributed by atoms with Gasteiger partial charge in [-0.1, -0.05) is 26.0 Å². The normalized spacial score (nSPS) is 10.0. The van der Waals surface area contributed by atoms with E-state index in [1.165, 1.54) is 5.56 Å². The van der Waals surface area contributed by atoms with Crippen molar-refractivity contribution in [1.29, 1.82) is 0 Å². The lowest BCUT2D eigenvalue weighted by Crippen LogP contribution is -1.97. The first-order valence-electron chi connectivity index (χ1n) is 5.39. The van der Waals surface area contributed by atoms with Gasteiger partial charge in [0.2, 0.25) is 6.08 Å². The molecule has 0 saturated carbocycles. The molecule has 0 radical (unpaired) electrons. The Labute approximate surface area is 96.2 Å². The highest BCUT2D eigenvalue weighted by molar-refractivity contribution is 5.39. The van der Waals surface area contributed by atoms with E-state index >= 15 is 0 Å². The molecule has 0 fully saturated rings. The molecular formula is C13H17NO2. The molecule has 0 aliphatic carbocycles. The third-order valence-corrected chi connectivity index (χ3v) is 2.53. The highest BCUT2D eigenvalue weighted by Gasteiger charge is 2.06. The van der Waals surface area contributed by atoms with Gasteiger partial charge >= 0.3 is 0 Å². The van der Waals surface area contributed by atoms with Gasteiger partial charge < -0.3 is 4.74 Å². The van der Waals surface area contributed by atoms with Crippen molar-refractivity contribution in [3.8, 4) is 5.75 Å². The van der Waals surface area contributed by atoms with E-state index in [-0.39, 0.29) is 0 Å². The van der Waals surface area contributed by atoms with Gasteiger partial charge in [-0.05, 0) is 29.5 Å². The van der Waals surface area contributed by atoms with Crippen LogP contribution in [0.1, 0.15) is 30.9 Å². The Kier molecular flexibility index (Phi) is 4.74. The van der Waals surface area contributed by atoms with Crippen molar-refractivity contribution in [2.24, 2.45) is 4.99 Å². The Hall–Kier alpha value is -1.60. The van der Waals surface area contributed by atoms with Crippen LogP contribution in [-0.2, 0) is 11.2 Å². The van der Waals surface area contributed by atoms with E-state index < -0.39 is 0 Å². The topological polar surface area (TPSA) is 38.7 Å². The first-order valence-corrected chi connectivity index (χ1v) is 5.39. The minimum Gasteiger partial charge on any atom is -0.496 e. The second-order valence-corrected chi connectivity index (χ2v) is 3.95. The molecule has 0 saturated heterocycles. The molecule has 3 nitrogen and oxygen atoms in total. The van der Waals surface area contributed by atoms with Gasteiger partial charge in [0.25, 0.3) is 0 Å². The Morgan fingerprint density at radius 3 is 2.75 bits per heavy atom. The largest absolute Gasteiger partial charge is 0.496 e. The maximum absolute atomic E-state index is 10.0. The number of hydrogen-bond donors (Lipinski definition) is 0. The lowest BCUT2D eigenvalue weighted by molar-refractivity contribution is 0.409. The fraction of sp³-hybridized carbons (Fsp3) is 0.462. The first-order chi connectivity index (χ1) is 7.69. The molecule has 0 atom stereocenters. The molecule has 0 N–H and O–H groups in total. The second-order valence-electron chi connectivity index (χ2n) is 3.95. The third-order valence-electron chi connectivity index (χ3n) is 2.53. The molecule has 0 heterocycles. The zero-order valence-corrected chi connectivity index (χ0v) is 9.99. The fourth-order valence-electron chi connectivity index (χ4n) is 1.57. The number of rotatable bonds is 5. The predicted octanol–water partition coefficient (Wildman–Crippen LogP) is 2.70. The van der Waals surface area contributed by atoms with E-state index in [1.807, 2.05) is 6.07 Å². The van der Waals surface area contributed by atoms with E-state index in [2.05, 4.69) is 31.0 Å². The van der Waals surface area contributed by atoms with Crippen molar-refractivity contribution < 1.29 is 9.53 Å². The summed E-state index contributed by atoms with van der Waals surface area (Å²) in [4.78, 5) is 13.6. The van der Waals surface area contributed by atoms with Crippen LogP contribution in [0.2, 0.25) is 0 Å². The summed E-state index contributed by atoms with van der Waals surface area (Å²) in [7, 11) is 1.65. The zero-order valence-electron chi connectivity index (χ0n) is 9.99. The van der Waals surface area contributed by atoms with Crippen LogP contribution < -0.4 is 4.74 Å². The number of isocyanates is 1. The zero-order chi connectivity index (χ0) is 12.0. The maximum Gasteiger partial charge on any atom is 0.234 e. The summed E-state index contributed by atoms with van der Waals surface area (Å²) in [6.07, 6.45) is 2.25. The maximum atomic E-state index is 10.0. The van der Waals surface area contributed by atoms with Gasteiger partial charge in [0.05, 0.1) is 13.7 Å². The van der Waals surface area contributed by atoms with Crippen LogP contribution in [0.5, 0.6) is 5.75 Å². The van der Waals surface area contributed by atoms with E-state index in [4.69, 9.17) is 4.74 Å². The molecular weight excluding hydrogens is 202 g/mol. The van der Waals surface area contributed by atoms with Gasteiger partial charge in [0.15, 0.2) is 0 Å². The number of nitrogens with zero attached hydrogens (tertiary/aromatic N) is 1. The fourth-order valence-corrected chi connectivity index (χ4v) is 1.57. The van der Waals surface area contributed by atoms with Crippen molar-refractivity contribution in [2.45, 2.75) is 26.2 Å². The predicted molar refractivity (Wildman–Crippen MR) is 63.8 cm³/mol. The second kappa shape index (κ2) is 6.09. The quantitative estimate of drug-likeness (QED) is 0.564. The summed E-state index contributed by atoms with van der Waals surface area (Å²) < 4.78 is 5.27. The SMILES string of the molecule is COc1ccc(C(C)C)cc1CCN=C=O. The number of carbonyl (C=O) groups excluding carboxylic acids is 1. The number of methoxy groups -OCH3 is 1. The van der Waals surface area contributed by atoms with Crippen LogP contribution in [0.15, 0.2) is 23.2 Å². The highest BCUT2D eigenvalue weighted by Crippen LogP contribution is 2.24. The van der Waals surface area contributed by atoms with Crippen molar-refractivity contribution in [2.75, 3.05) is 13.7 Å². The van der Waals surface area contributed by atoms with Crippen molar-refractivity contribution in [3.63, 3.8) is 0 Å². The number of ether oxygens (including phenoxy) is 1. The summed E-state index contributed by atoms with van der Waals surface area (Å²) in [5, 5.41) is 0. The number of aliphatic imine (C=N–C) groups is 1. The molecule has 0 amide bonds. The van der Waals surface area contributed by atoms with Crippen molar-refractivity contribution >= 4 is 6.08 Å². The summed E-state index contributed by atoms with van der Waals surface area (Å²) >= 11 is 0.